The molecule has 1 aromatic carbocycles. The third kappa shape index (κ3) is 3.57. The number of para-hydroxylation sites is 1. The van der Waals surface area contributed by atoms with E-state index in [1.807, 2.05) is 11.0 Å². The first-order chi connectivity index (χ1) is 9.75. The third-order valence-electron chi connectivity index (χ3n) is 4.44. The molecule has 5 heteroatoms. The summed E-state index contributed by atoms with van der Waals surface area (Å²) < 4.78 is 0. The van der Waals surface area contributed by atoms with Crippen molar-refractivity contribution in [1.29, 1.82) is 0 Å². The standard InChI is InChI=1S/C16H23N3O.ClH/c1-13-12-17-8-11-18(13)9-7-16(20)19-10-6-14-4-2-3-5-15(14)19;/h2-5,13,17H,6-12H2,1H3;1H/t13-;/m0./s1. The highest BCUT2D eigenvalue weighted by Crippen LogP contribution is 2.27. The van der Waals surface area contributed by atoms with Crippen molar-refractivity contribution in [2.75, 3.05) is 37.6 Å². The maximum absolute atomic E-state index is 12.4. The molecule has 21 heavy (non-hydrogen) atoms. The number of carbonyl (C=O) groups is 1. The van der Waals surface area contributed by atoms with Gasteiger partial charge in [0.2, 0.25) is 5.91 Å². The lowest BCUT2D eigenvalue weighted by molar-refractivity contribution is -0.119. The lowest BCUT2D eigenvalue weighted by Gasteiger charge is -2.34. The topological polar surface area (TPSA) is 35.6 Å². The zero-order chi connectivity index (χ0) is 13.9. The molecule has 3 rings (SSSR count). The van der Waals surface area contributed by atoms with Gasteiger partial charge in [-0.15, -0.1) is 12.4 Å². The molecular formula is C16H24ClN3O. The molecule has 0 unspecified atom stereocenters. The van der Waals surface area contributed by atoms with Crippen molar-refractivity contribution in [1.82, 2.24) is 10.2 Å². The van der Waals surface area contributed by atoms with Gasteiger partial charge in [0.25, 0.3) is 0 Å². The molecule has 0 aromatic heterocycles. The van der Waals surface area contributed by atoms with Gasteiger partial charge in [-0.2, -0.15) is 0 Å². The van der Waals surface area contributed by atoms with Crippen LogP contribution < -0.4 is 10.2 Å². The normalized spacial score (nSPS) is 21.8. The second kappa shape index (κ2) is 7.25. The number of rotatable bonds is 3. The SMILES string of the molecule is C[C@H]1CNCCN1CCC(=O)N1CCc2ccccc21.Cl. The highest BCUT2D eigenvalue weighted by Gasteiger charge is 2.25. The maximum Gasteiger partial charge on any atom is 0.228 e. The van der Waals surface area contributed by atoms with Crippen LogP contribution in [0.5, 0.6) is 0 Å². The number of halogens is 1. The number of carbonyl (C=O) groups excluding carboxylic acids is 1. The molecule has 0 aliphatic carbocycles. The second-order valence-corrected chi connectivity index (χ2v) is 5.76. The van der Waals surface area contributed by atoms with E-state index in [1.54, 1.807) is 0 Å². The average molecular weight is 310 g/mol. The van der Waals surface area contributed by atoms with Gasteiger partial charge in [-0.05, 0) is 25.0 Å². The zero-order valence-corrected chi connectivity index (χ0v) is 13.4. The Labute approximate surface area is 132 Å². The summed E-state index contributed by atoms with van der Waals surface area (Å²) >= 11 is 0. The van der Waals surface area contributed by atoms with Gasteiger partial charge in [0, 0.05) is 50.9 Å². The molecule has 1 amide bonds. The highest BCUT2D eigenvalue weighted by molar-refractivity contribution is 5.95. The molecule has 116 valence electrons. The van der Waals surface area contributed by atoms with E-state index in [0.717, 1.165) is 44.8 Å². The minimum absolute atomic E-state index is 0. The van der Waals surface area contributed by atoms with E-state index in [4.69, 9.17) is 0 Å². The number of amides is 1. The number of hydrogen-bond acceptors (Lipinski definition) is 3. The van der Waals surface area contributed by atoms with Crippen LogP contribution in [0.15, 0.2) is 24.3 Å². The Morgan fingerprint density at radius 3 is 2.95 bits per heavy atom. The van der Waals surface area contributed by atoms with Crippen LogP contribution in [0.1, 0.15) is 18.9 Å². The van der Waals surface area contributed by atoms with Gasteiger partial charge in [0.1, 0.15) is 0 Å². The summed E-state index contributed by atoms with van der Waals surface area (Å²) in [6.45, 7) is 7.05. The molecule has 1 aromatic rings. The number of anilines is 1. The first kappa shape index (κ1) is 16.3. The second-order valence-electron chi connectivity index (χ2n) is 5.76. The molecule has 1 atom stereocenters. The number of benzene rings is 1. The van der Waals surface area contributed by atoms with Crippen LogP contribution in [0, 0.1) is 0 Å². The monoisotopic (exact) mass is 309 g/mol. The minimum Gasteiger partial charge on any atom is -0.314 e. The Morgan fingerprint density at radius 2 is 2.14 bits per heavy atom. The predicted octanol–water partition coefficient (Wildman–Crippen LogP) is 1.68. The van der Waals surface area contributed by atoms with Crippen LogP contribution in [-0.2, 0) is 11.2 Å². The van der Waals surface area contributed by atoms with Crippen molar-refractivity contribution in [3.8, 4) is 0 Å². The molecule has 1 fully saturated rings. The fraction of sp³-hybridized carbons (Fsp3) is 0.562. The third-order valence-corrected chi connectivity index (χ3v) is 4.44. The predicted molar refractivity (Wildman–Crippen MR) is 88.3 cm³/mol. The largest absolute Gasteiger partial charge is 0.314 e. The van der Waals surface area contributed by atoms with Gasteiger partial charge < -0.3 is 10.2 Å². The van der Waals surface area contributed by atoms with Crippen LogP contribution in [0.3, 0.4) is 0 Å². The molecule has 0 radical (unpaired) electrons. The lowest BCUT2D eigenvalue weighted by Crippen LogP contribution is -2.50. The molecule has 2 heterocycles. The Morgan fingerprint density at radius 1 is 1.33 bits per heavy atom. The fourth-order valence-corrected chi connectivity index (χ4v) is 3.19. The molecule has 2 aliphatic rings. The summed E-state index contributed by atoms with van der Waals surface area (Å²) in [5.41, 5.74) is 2.42. The Hall–Kier alpha value is -1.10. The van der Waals surface area contributed by atoms with Crippen molar-refractivity contribution in [2.45, 2.75) is 25.8 Å². The van der Waals surface area contributed by atoms with E-state index < -0.39 is 0 Å². The van der Waals surface area contributed by atoms with E-state index in [0.29, 0.717) is 12.5 Å². The Kier molecular flexibility index (Phi) is 5.62. The quantitative estimate of drug-likeness (QED) is 0.923. The molecule has 2 aliphatic heterocycles. The van der Waals surface area contributed by atoms with Crippen molar-refractivity contribution in [3.63, 3.8) is 0 Å². The molecule has 1 saturated heterocycles. The molecule has 0 bridgehead atoms. The molecule has 1 N–H and O–H groups in total. The van der Waals surface area contributed by atoms with Crippen molar-refractivity contribution in [2.24, 2.45) is 0 Å². The van der Waals surface area contributed by atoms with Crippen molar-refractivity contribution < 1.29 is 4.79 Å². The minimum atomic E-state index is 0. The van der Waals surface area contributed by atoms with Crippen LogP contribution in [0.2, 0.25) is 0 Å². The molecule has 0 spiro atoms. The molecule has 0 saturated carbocycles. The van der Waals surface area contributed by atoms with E-state index >= 15 is 0 Å². The lowest BCUT2D eigenvalue weighted by atomic mass is 10.2. The van der Waals surface area contributed by atoms with Gasteiger partial charge in [-0.3, -0.25) is 9.69 Å². The first-order valence-corrected chi connectivity index (χ1v) is 7.59. The smallest absolute Gasteiger partial charge is 0.228 e. The average Bonchev–Trinajstić information content (AvgIpc) is 2.90. The fourth-order valence-electron chi connectivity index (χ4n) is 3.19. The number of nitrogens with one attached hydrogen (secondary N) is 1. The first-order valence-electron chi connectivity index (χ1n) is 7.59. The van der Waals surface area contributed by atoms with E-state index in [-0.39, 0.29) is 18.3 Å². The van der Waals surface area contributed by atoms with Crippen LogP contribution in [0.4, 0.5) is 5.69 Å². The number of nitrogens with zero attached hydrogens (tertiary/aromatic N) is 2. The number of piperazine rings is 1. The van der Waals surface area contributed by atoms with E-state index in [2.05, 4.69) is 35.3 Å². The van der Waals surface area contributed by atoms with Gasteiger partial charge in [-0.1, -0.05) is 18.2 Å². The maximum atomic E-state index is 12.4. The van der Waals surface area contributed by atoms with E-state index in [9.17, 15) is 4.79 Å². The highest BCUT2D eigenvalue weighted by atomic mass is 35.5. The summed E-state index contributed by atoms with van der Waals surface area (Å²) in [7, 11) is 0. The summed E-state index contributed by atoms with van der Waals surface area (Å²) in [4.78, 5) is 16.8. The summed E-state index contributed by atoms with van der Waals surface area (Å²) in [5, 5.41) is 3.38. The van der Waals surface area contributed by atoms with Gasteiger partial charge in [-0.25, -0.2) is 0 Å². The molecule has 4 nitrogen and oxygen atoms in total. The molecular weight excluding hydrogens is 286 g/mol. The van der Waals surface area contributed by atoms with Crippen LogP contribution in [0.25, 0.3) is 0 Å². The Bertz CT molecular complexity index is 494. The zero-order valence-electron chi connectivity index (χ0n) is 12.5. The van der Waals surface area contributed by atoms with Gasteiger partial charge in [0.05, 0.1) is 0 Å². The number of hydrogen-bond donors (Lipinski definition) is 1. The van der Waals surface area contributed by atoms with Crippen LogP contribution in [-0.4, -0.2) is 49.6 Å². The summed E-state index contributed by atoms with van der Waals surface area (Å²) in [5.74, 6) is 0.265. The van der Waals surface area contributed by atoms with E-state index in [1.165, 1.54) is 5.56 Å². The Balaban J connectivity index is 0.00000161. The number of fused-ring (bicyclic) bond motifs is 1. The summed E-state index contributed by atoms with van der Waals surface area (Å²) in [6.07, 6.45) is 1.62. The van der Waals surface area contributed by atoms with Crippen molar-refractivity contribution >= 4 is 24.0 Å². The van der Waals surface area contributed by atoms with Gasteiger partial charge in [0.15, 0.2) is 0 Å². The summed E-state index contributed by atoms with van der Waals surface area (Å²) in [6, 6.07) is 8.79. The van der Waals surface area contributed by atoms with Crippen molar-refractivity contribution in [3.05, 3.63) is 29.8 Å². The van der Waals surface area contributed by atoms with Gasteiger partial charge >= 0.3 is 0 Å². The van der Waals surface area contributed by atoms with Crippen LogP contribution >= 0.6 is 12.4 Å².